The van der Waals surface area contributed by atoms with Crippen molar-refractivity contribution in [2.45, 2.75) is 39.3 Å². The van der Waals surface area contributed by atoms with Crippen LogP contribution in [0.15, 0.2) is 30.5 Å². The molecule has 0 aliphatic rings. The van der Waals surface area contributed by atoms with Gasteiger partial charge in [0.15, 0.2) is 0 Å². The molecular formula is C17H24N2O3. The molecule has 1 aromatic heterocycles. The number of amides is 1. The smallest absolute Gasteiger partial charge is 0.407 e. The van der Waals surface area contributed by atoms with Gasteiger partial charge in [-0.1, -0.05) is 0 Å². The predicted octanol–water partition coefficient (Wildman–Crippen LogP) is 3.56. The molecule has 1 heterocycles. The first-order chi connectivity index (χ1) is 10.4. The van der Waals surface area contributed by atoms with Crippen molar-refractivity contribution in [3.05, 3.63) is 30.5 Å². The second-order valence-electron chi connectivity index (χ2n) is 6.22. The molecule has 2 rings (SSSR count). The number of aryl methyl sites for hydroxylation is 1. The number of aromatic nitrogens is 1. The summed E-state index contributed by atoms with van der Waals surface area (Å²) in [7, 11) is 1.67. The molecule has 0 atom stereocenters. The van der Waals surface area contributed by atoms with E-state index >= 15 is 0 Å². The summed E-state index contributed by atoms with van der Waals surface area (Å²) >= 11 is 0. The van der Waals surface area contributed by atoms with E-state index in [1.165, 1.54) is 0 Å². The molecule has 0 unspecified atom stereocenters. The fourth-order valence-corrected chi connectivity index (χ4v) is 2.25. The van der Waals surface area contributed by atoms with Gasteiger partial charge in [0.05, 0.1) is 7.11 Å². The zero-order chi connectivity index (χ0) is 16.2. The number of benzene rings is 1. The van der Waals surface area contributed by atoms with Crippen molar-refractivity contribution in [2.75, 3.05) is 13.7 Å². The summed E-state index contributed by atoms with van der Waals surface area (Å²) in [5.74, 6) is 0.858. The molecule has 2 aromatic rings. The van der Waals surface area contributed by atoms with Gasteiger partial charge in [-0.3, -0.25) is 0 Å². The van der Waals surface area contributed by atoms with E-state index in [4.69, 9.17) is 9.47 Å². The Labute approximate surface area is 131 Å². The van der Waals surface area contributed by atoms with Crippen LogP contribution < -0.4 is 10.1 Å². The number of hydrogen-bond donors (Lipinski definition) is 1. The molecule has 1 N–H and O–H groups in total. The fourth-order valence-electron chi connectivity index (χ4n) is 2.25. The second-order valence-corrected chi connectivity index (χ2v) is 6.22. The van der Waals surface area contributed by atoms with Crippen molar-refractivity contribution in [1.82, 2.24) is 9.88 Å². The Kier molecular flexibility index (Phi) is 4.96. The number of methoxy groups -OCH3 is 1. The van der Waals surface area contributed by atoms with E-state index in [9.17, 15) is 4.79 Å². The number of carbonyl (C=O) groups is 1. The van der Waals surface area contributed by atoms with Gasteiger partial charge in [-0.2, -0.15) is 0 Å². The predicted molar refractivity (Wildman–Crippen MR) is 87.3 cm³/mol. The highest BCUT2D eigenvalue weighted by Gasteiger charge is 2.15. The normalized spacial score (nSPS) is 11.5. The van der Waals surface area contributed by atoms with E-state index in [-0.39, 0.29) is 6.09 Å². The lowest BCUT2D eigenvalue weighted by Crippen LogP contribution is -2.33. The van der Waals surface area contributed by atoms with Crippen LogP contribution in [0.4, 0.5) is 4.79 Å². The zero-order valence-corrected chi connectivity index (χ0v) is 13.7. The third-order valence-electron chi connectivity index (χ3n) is 3.22. The SMILES string of the molecule is COc1ccc2c(ccn2CCCNC(=O)OC(C)(C)C)c1. The van der Waals surface area contributed by atoms with Gasteiger partial charge >= 0.3 is 6.09 Å². The van der Waals surface area contributed by atoms with Crippen LogP contribution in [-0.4, -0.2) is 29.9 Å². The Morgan fingerprint density at radius 3 is 2.73 bits per heavy atom. The minimum atomic E-state index is -0.459. The van der Waals surface area contributed by atoms with Gasteiger partial charge in [0.25, 0.3) is 0 Å². The Morgan fingerprint density at radius 1 is 1.27 bits per heavy atom. The van der Waals surface area contributed by atoms with Crippen LogP contribution in [0.25, 0.3) is 10.9 Å². The molecule has 0 fully saturated rings. The molecule has 0 aliphatic heterocycles. The van der Waals surface area contributed by atoms with Gasteiger partial charge in [0.2, 0.25) is 0 Å². The minimum Gasteiger partial charge on any atom is -0.497 e. The van der Waals surface area contributed by atoms with Crippen LogP contribution in [0.2, 0.25) is 0 Å². The molecule has 120 valence electrons. The minimum absolute atomic E-state index is 0.366. The van der Waals surface area contributed by atoms with Crippen LogP contribution >= 0.6 is 0 Å². The van der Waals surface area contributed by atoms with E-state index in [1.807, 2.05) is 32.9 Å². The monoisotopic (exact) mass is 304 g/mol. The van der Waals surface area contributed by atoms with Crippen LogP contribution in [0, 0.1) is 0 Å². The maximum absolute atomic E-state index is 11.5. The first-order valence-electron chi connectivity index (χ1n) is 7.49. The molecule has 1 aromatic carbocycles. The Morgan fingerprint density at radius 2 is 2.05 bits per heavy atom. The number of rotatable bonds is 5. The van der Waals surface area contributed by atoms with Gasteiger partial charge in [-0.25, -0.2) is 4.79 Å². The van der Waals surface area contributed by atoms with Crippen molar-refractivity contribution in [2.24, 2.45) is 0 Å². The highest BCUT2D eigenvalue weighted by molar-refractivity contribution is 5.81. The maximum Gasteiger partial charge on any atom is 0.407 e. The summed E-state index contributed by atoms with van der Waals surface area (Å²) in [5.41, 5.74) is 0.706. The summed E-state index contributed by atoms with van der Waals surface area (Å²) < 4.78 is 12.6. The third-order valence-corrected chi connectivity index (χ3v) is 3.22. The number of alkyl carbamates (subject to hydrolysis) is 1. The van der Waals surface area contributed by atoms with Gasteiger partial charge in [-0.05, 0) is 51.5 Å². The fraction of sp³-hybridized carbons (Fsp3) is 0.471. The zero-order valence-electron chi connectivity index (χ0n) is 13.7. The molecule has 5 nitrogen and oxygen atoms in total. The van der Waals surface area contributed by atoms with Crippen LogP contribution in [0.1, 0.15) is 27.2 Å². The molecular weight excluding hydrogens is 280 g/mol. The molecule has 1 amide bonds. The Hall–Kier alpha value is -2.17. The van der Waals surface area contributed by atoms with E-state index < -0.39 is 5.60 Å². The van der Waals surface area contributed by atoms with E-state index in [2.05, 4.69) is 28.2 Å². The largest absolute Gasteiger partial charge is 0.497 e. The average Bonchev–Trinajstić information content (AvgIpc) is 2.84. The highest BCUT2D eigenvalue weighted by Crippen LogP contribution is 2.21. The molecule has 0 aliphatic carbocycles. The van der Waals surface area contributed by atoms with Crippen LogP contribution in [0.3, 0.4) is 0 Å². The van der Waals surface area contributed by atoms with Crippen molar-refractivity contribution in [1.29, 1.82) is 0 Å². The molecule has 22 heavy (non-hydrogen) atoms. The molecule has 0 radical (unpaired) electrons. The van der Waals surface area contributed by atoms with Crippen molar-refractivity contribution in [3.8, 4) is 5.75 Å². The number of nitrogens with one attached hydrogen (secondary N) is 1. The number of ether oxygens (including phenoxy) is 2. The number of carbonyl (C=O) groups excluding carboxylic acids is 1. The first-order valence-corrected chi connectivity index (χ1v) is 7.49. The summed E-state index contributed by atoms with van der Waals surface area (Å²) in [6.07, 6.45) is 2.53. The molecule has 0 bridgehead atoms. The first kappa shape index (κ1) is 16.2. The van der Waals surface area contributed by atoms with E-state index in [1.54, 1.807) is 7.11 Å². The number of nitrogens with zero attached hydrogens (tertiary/aromatic N) is 1. The average molecular weight is 304 g/mol. The molecule has 0 saturated carbocycles. The summed E-state index contributed by atoms with van der Waals surface area (Å²) in [6.45, 7) is 6.99. The third kappa shape index (κ3) is 4.41. The van der Waals surface area contributed by atoms with Gasteiger partial charge < -0.3 is 19.4 Å². The van der Waals surface area contributed by atoms with Gasteiger partial charge in [0, 0.05) is 30.2 Å². The maximum atomic E-state index is 11.5. The molecule has 0 spiro atoms. The van der Waals surface area contributed by atoms with E-state index in [0.717, 1.165) is 29.6 Å². The summed E-state index contributed by atoms with van der Waals surface area (Å²) in [6, 6.07) is 8.09. The molecule has 5 heteroatoms. The quantitative estimate of drug-likeness (QED) is 0.859. The lowest BCUT2D eigenvalue weighted by molar-refractivity contribution is 0.0527. The number of hydrogen-bond acceptors (Lipinski definition) is 3. The van der Waals surface area contributed by atoms with Gasteiger partial charge in [0.1, 0.15) is 11.4 Å². The highest BCUT2D eigenvalue weighted by atomic mass is 16.6. The van der Waals surface area contributed by atoms with Crippen LogP contribution in [-0.2, 0) is 11.3 Å². The van der Waals surface area contributed by atoms with Crippen molar-refractivity contribution in [3.63, 3.8) is 0 Å². The topological polar surface area (TPSA) is 52.5 Å². The summed E-state index contributed by atoms with van der Waals surface area (Å²) in [5, 5.41) is 3.93. The Balaban J connectivity index is 1.84. The van der Waals surface area contributed by atoms with Crippen molar-refractivity contribution >= 4 is 17.0 Å². The van der Waals surface area contributed by atoms with Crippen LogP contribution in [0.5, 0.6) is 5.75 Å². The molecule has 0 saturated heterocycles. The second kappa shape index (κ2) is 6.73. The lowest BCUT2D eigenvalue weighted by atomic mass is 10.2. The standard InChI is InChI=1S/C17H24N2O3/c1-17(2,3)22-16(20)18-9-5-10-19-11-8-13-12-14(21-4)6-7-15(13)19/h6-8,11-12H,5,9-10H2,1-4H3,(H,18,20). The van der Waals surface area contributed by atoms with Crippen molar-refractivity contribution < 1.29 is 14.3 Å². The van der Waals surface area contributed by atoms with Gasteiger partial charge in [-0.15, -0.1) is 0 Å². The Bertz CT molecular complexity index is 641. The summed E-state index contributed by atoms with van der Waals surface area (Å²) in [4.78, 5) is 11.5. The number of fused-ring (bicyclic) bond motifs is 1. The van der Waals surface area contributed by atoms with E-state index in [0.29, 0.717) is 6.54 Å². The lowest BCUT2D eigenvalue weighted by Gasteiger charge is -2.19.